The van der Waals surface area contributed by atoms with Crippen LogP contribution in [0.15, 0.2) is 82.5 Å². The van der Waals surface area contributed by atoms with Crippen molar-refractivity contribution in [1.82, 2.24) is 15.0 Å². The minimum Gasteiger partial charge on any atom is -0.468 e. The maximum absolute atomic E-state index is 12.7. The van der Waals surface area contributed by atoms with Crippen molar-refractivity contribution in [1.29, 1.82) is 0 Å². The number of ether oxygens (including phenoxy) is 1. The van der Waals surface area contributed by atoms with Gasteiger partial charge >= 0.3 is 5.97 Å². The van der Waals surface area contributed by atoms with Crippen LogP contribution in [0.5, 0.6) is 0 Å². The van der Waals surface area contributed by atoms with Crippen molar-refractivity contribution >= 4 is 40.2 Å². The lowest BCUT2D eigenvalue weighted by atomic mass is 10.1. The molecule has 1 amide bonds. The molecule has 0 saturated carbocycles. The summed E-state index contributed by atoms with van der Waals surface area (Å²) in [4.78, 5) is 38.3. The molecular weight excluding hydrogens is 464 g/mol. The smallest absolute Gasteiger partial charge is 0.319 e. The number of nitrogens with one attached hydrogen (secondary N) is 1. The molecule has 35 heavy (non-hydrogen) atoms. The highest BCUT2D eigenvalue weighted by Gasteiger charge is 2.21. The molecule has 1 atom stereocenters. The third-order valence-corrected chi connectivity index (χ3v) is 6.66. The van der Waals surface area contributed by atoms with E-state index >= 15 is 0 Å². The first-order valence-electron chi connectivity index (χ1n) is 11.0. The highest BCUT2D eigenvalue weighted by Crippen LogP contribution is 2.28. The van der Waals surface area contributed by atoms with Gasteiger partial charge in [0.1, 0.15) is 10.8 Å². The van der Waals surface area contributed by atoms with Gasteiger partial charge in [0.2, 0.25) is 0 Å². The summed E-state index contributed by atoms with van der Waals surface area (Å²) in [6.07, 6.45) is 0.330. The highest BCUT2D eigenvalue weighted by atomic mass is 32.2. The molecular formula is C26H24N4O4S. The number of thioether (sulfide) groups is 1. The number of hydrogen-bond acceptors (Lipinski definition) is 7. The summed E-state index contributed by atoms with van der Waals surface area (Å²) in [6.45, 7) is 2.18. The number of amides is 1. The molecule has 1 aromatic heterocycles. The lowest BCUT2D eigenvalue weighted by Gasteiger charge is -2.15. The summed E-state index contributed by atoms with van der Waals surface area (Å²) in [7, 11) is 1.33. The molecule has 0 saturated heterocycles. The second-order valence-electron chi connectivity index (χ2n) is 7.90. The van der Waals surface area contributed by atoms with Gasteiger partial charge in [-0.25, -0.2) is 4.68 Å². The number of methoxy groups -OCH3 is 1. The van der Waals surface area contributed by atoms with Gasteiger partial charge in [-0.15, -0.1) is 16.9 Å². The van der Waals surface area contributed by atoms with E-state index in [1.807, 2.05) is 31.2 Å². The summed E-state index contributed by atoms with van der Waals surface area (Å²) in [6, 6.07) is 21.5. The summed E-state index contributed by atoms with van der Waals surface area (Å²) in [5.41, 5.74) is 2.58. The number of aryl methyl sites for hydroxylation is 2. The van der Waals surface area contributed by atoms with E-state index in [-0.39, 0.29) is 18.0 Å². The highest BCUT2D eigenvalue weighted by molar-refractivity contribution is 8.00. The molecule has 0 fully saturated rings. The summed E-state index contributed by atoms with van der Waals surface area (Å²) in [5, 5.41) is 10.9. The zero-order valence-electron chi connectivity index (χ0n) is 19.3. The molecule has 4 aromatic rings. The molecule has 0 aliphatic rings. The van der Waals surface area contributed by atoms with Gasteiger partial charge in [0.15, 0.2) is 0 Å². The van der Waals surface area contributed by atoms with Crippen LogP contribution >= 0.6 is 11.8 Å². The van der Waals surface area contributed by atoms with E-state index in [0.717, 1.165) is 10.5 Å². The minimum atomic E-state index is -0.548. The summed E-state index contributed by atoms with van der Waals surface area (Å²) in [5.74, 6) is -0.590. The van der Waals surface area contributed by atoms with Gasteiger partial charge in [-0.3, -0.25) is 14.4 Å². The molecule has 0 aliphatic heterocycles. The van der Waals surface area contributed by atoms with E-state index in [0.29, 0.717) is 28.6 Å². The molecule has 0 bridgehead atoms. The van der Waals surface area contributed by atoms with E-state index in [1.54, 1.807) is 48.5 Å². The van der Waals surface area contributed by atoms with Gasteiger partial charge in [-0.2, -0.15) is 0 Å². The molecule has 0 radical (unpaired) electrons. The lowest BCUT2D eigenvalue weighted by Crippen LogP contribution is -2.28. The Balaban J connectivity index is 1.42. The van der Waals surface area contributed by atoms with Crippen molar-refractivity contribution in [3.05, 3.63) is 94.3 Å². The first kappa shape index (κ1) is 24.2. The van der Waals surface area contributed by atoms with Crippen LogP contribution in [0, 0.1) is 6.92 Å². The number of rotatable bonds is 8. The molecule has 1 unspecified atom stereocenters. The number of hydrogen-bond donors (Lipinski definition) is 1. The van der Waals surface area contributed by atoms with Gasteiger partial charge in [-0.1, -0.05) is 35.0 Å². The van der Waals surface area contributed by atoms with Crippen molar-refractivity contribution < 1.29 is 14.3 Å². The predicted molar refractivity (Wildman–Crippen MR) is 136 cm³/mol. The number of nitrogens with zero attached hydrogens (tertiary/aromatic N) is 3. The van der Waals surface area contributed by atoms with Gasteiger partial charge in [0, 0.05) is 22.7 Å². The van der Waals surface area contributed by atoms with Crippen LogP contribution in [0.25, 0.3) is 10.9 Å². The predicted octanol–water partition coefficient (Wildman–Crippen LogP) is 4.08. The zero-order valence-corrected chi connectivity index (χ0v) is 20.1. The Morgan fingerprint density at radius 2 is 1.74 bits per heavy atom. The van der Waals surface area contributed by atoms with Gasteiger partial charge < -0.3 is 10.1 Å². The van der Waals surface area contributed by atoms with Crippen LogP contribution in [0.2, 0.25) is 0 Å². The Kier molecular flexibility index (Phi) is 7.57. The van der Waals surface area contributed by atoms with Crippen LogP contribution in [-0.2, 0) is 16.1 Å². The maximum atomic E-state index is 12.7. The fourth-order valence-corrected chi connectivity index (χ4v) is 4.49. The Morgan fingerprint density at radius 3 is 2.46 bits per heavy atom. The number of anilines is 1. The van der Waals surface area contributed by atoms with Crippen LogP contribution in [0.1, 0.15) is 22.3 Å². The van der Waals surface area contributed by atoms with Crippen LogP contribution < -0.4 is 10.9 Å². The van der Waals surface area contributed by atoms with E-state index in [9.17, 15) is 14.4 Å². The minimum absolute atomic E-state index is 0.195. The second-order valence-corrected chi connectivity index (χ2v) is 9.17. The standard InChI is InChI=1S/C26H24N4O4S/c1-17-7-9-18(10-8-17)24(31)27-19-11-13-20(14-12-19)35-23(26(33)34-2)15-16-30-25(32)21-5-3-4-6-22(21)28-29-30/h3-14,23H,15-16H2,1-2H3,(H,27,31). The number of aromatic nitrogens is 3. The van der Waals surface area contributed by atoms with Crippen LogP contribution in [-0.4, -0.2) is 39.2 Å². The van der Waals surface area contributed by atoms with Gasteiger partial charge in [0.25, 0.3) is 11.5 Å². The number of carbonyl (C=O) groups excluding carboxylic acids is 2. The van der Waals surface area contributed by atoms with Crippen LogP contribution in [0.3, 0.4) is 0 Å². The normalized spacial score (nSPS) is 11.7. The molecule has 1 N–H and O–H groups in total. The number of esters is 1. The lowest BCUT2D eigenvalue weighted by molar-refractivity contribution is -0.140. The Labute approximate surface area is 206 Å². The summed E-state index contributed by atoms with van der Waals surface area (Å²) >= 11 is 1.32. The molecule has 0 aliphatic carbocycles. The number of fused-ring (bicyclic) bond motifs is 1. The zero-order chi connectivity index (χ0) is 24.8. The number of carbonyl (C=O) groups is 2. The fourth-order valence-electron chi connectivity index (χ4n) is 3.45. The first-order valence-corrected chi connectivity index (χ1v) is 11.9. The third kappa shape index (κ3) is 5.93. The molecule has 0 spiro atoms. The monoisotopic (exact) mass is 488 g/mol. The largest absolute Gasteiger partial charge is 0.468 e. The first-order chi connectivity index (χ1) is 16.9. The van der Waals surface area contributed by atoms with E-state index in [4.69, 9.17) is 4.74 Å². The molecule has 178 valence electrons. The van der Waals surface area contributed by atoms with Crippen molar-refractivity contribution in [2.45, 2.75) is 30.0 Å². The Hall–Kier alpha value is -3.98. The Morgan fingerprint density at radius 1 is 1.03 bits per heavy atom. The average molecular weight is 489 g/mol. The van der Waals surface area contributed by atoms with Crippen molar-refractivity contribution in [2.24, 2.45) is 0 Å². The number of benzene rings is 3. The van der Waals surface area contributed by atoms with Crippen molar-refractivity contribution in [3.63, 3.8) is 0 Å². The van der Waals surface area contributed by atoms with Gasteiger partial charge in [-0.05, 0) is 61.9 Å². The van der Waals surface area contributed by atoms with Crippen LogP contribution in [0.4, 0.5) is 5.69 Å². The topological polar surface area (TPSA) is 103 Å². The second kappa shape index (κ2) is 11.0. The van der Waals surface area contributed by atoms with E-state index in [2.05, 4.69) is 15.6 Å². The van der Waals surface area contributed by atoms with Crippen molar-refractivity contribution in [3.8, 4) is 0 Å². The maximum Gasteiger partial charge on any atom is 0.319 e. The van der Waals surface area contributed by atoms with Gasteiger partial charge in [0.05, 0.1) is 12.5 Å². The SMILES string of the molecule is COC(=O)C(CCn1nnc2ccccc2c1=O)Sc1ccc(NC(=O)c2ccc(C)cc2)cc1. The van der Waals surface area contributed by atoms with Crippen molar-refractivity contribution in [2.75, 3.05) is 12.4 Å². The fraction of sp³-hybridized carbons (Fsp3) is 0.192. The van der Waals surface area contributed by atoms with E-state index in [1.165, 1.54) is 23.6 Å². The average Bonchev–Trinajstić information content (AvgIpc) is 2.88. The molecule has 9 heteroatoms. The molecule has 4 rings (SSSR count). The van der Waals surface area contributed by atoms with E-state index < -0.39 is 11.2 Å². The molecule has 3 aromatic carbocycles. The molecule has 8 nitrogen and oxygen atoms in total. The summed E-state index contributed by atoms with van der Waals surface area (Å²) < 4.78 is 6.23. The Bertz CT molecular complexity index is 1400. The quantitative estimate of drug-likeness (QED) is 0.294. The molecule has 1 heterocycles. The third-order valence-electron chi connectivity index (χ3n) is 5.40.